The minimum Gasteiger partial charge on any atom is -0.312 e. The Morgan fingerprint density at radius 1 is 1.20 bits per heavy atom. The van der Waals surface area contributed by atoms with Gasteiger partial charge in [-0.25, -0.2) is 0 Å². The Morgan fingerprint density at radius 3 is 2.35 bits per heavy atom. The van der Waals surface area contributed by atoms with Crippen LogP contribution in [0.4, 0.5) is 0 Å². The van der Waals surface area contributed by atoms with Gasteiger partial charge in [-0.05, 0) is 37.5 Å². The normalized spacial score (nSPS) is 10.6. The summed E-state index contributed by atoms with van der Waals surface area (Å²) < 4.78 is 1.59. The minimum absolute atomic E-state index is 0.0473. The van der Waals surface area contributed by atoms with Crippen molar-refractivity contribution in [2.24, 2.45) is 0 Å². The third kappa shape index (κ3) is 2.50. The number of hydrogen-bond donors (Lipinski definition) is 0. The Morgan fingerprint density at radius 2 is 1.85 bits per heavy atom. The number of hydrogen-bond acceptors (Lipinski definition) is 2. The average Bonchev–Trinajstić information content (AvgIpc) is 2.46. The summed E-state index contributed by atoms with van der Waals surface area (Å²) >= 11 is 0. The average molecular weight is 266 g/mol. The summed E-state index contributed by atoms with van der Waals surface area (Å²) in [6.45, 7) is 5.95. The van der Waals surface area contributed by atoms with Crippen molar-refractivity contribution in [3.63, 3.8) is 0 Å². The number of benzene rings is 1. The van der Waals surface area contributed by atoms with Crippen LogP contribution in [0.3, 0.4) is 0 Å². The molecular formula is C17H18N2O. The van der Waals surface area contributed by atoms with Gasteiger partial charge in [0.1, 0.15) is 11.6 Å². The van der Waals surface area contributed by atoms with E-state index in [1.165, 1.54) is 5.56 Å². The molecule has 102 valence electrons. The van der Waals surface area contributed by atoms with E-state index in [-0.39, 0.29) is 17.2 Å². The number of nitrogens with zero attached hydrogens (tertiary/aromatic N) is 2. The lowest BCUT2D eigenvalue weighted by molar-refractivity contribution is 0.577. The van der Waals surface area contributed by atoms with E-state index in [1.807, 2.05) is 44.2 Å². The van der Waals surface area contributed by atoms with Gasteiger partial charge in [-0.15, -0.1) is 0 Å². The highest BCUT2D eigenvalue weighted by molar-refractivity contribution is 5.69. The van der Waals surface area contributed by atoms with Crippen molar-refractivity contribution >= 4 is 0 Å². The maximum Gasteiger partial charge on any atom is 0.269 e. The van der Waals surface area contributed by atoms with Crippen LogP contribution < -0.4 is 5.56 Å². The highest BCUT2D eigenvalue weighted by atomic mass is 16.1. The van der Waals surface area contributed by atoms with E-state index in [0.29, 0.717) is 5.56 Å². The maximum absolute atomic E-state index is 12.3. The molecule has 1 aromatic heterocycles. The molecule has 0 aliphatic carbocycles. The number of nitriles is 1. The second-order valence-electron chi connectivity index (χ2n) is 5.07. The molecule has 0 N–H and O–H groups in total. The van der Waals surface area contributed by atoms with Gasteiger partial charge in [-0.3, -0.25) is 4.79 Å². The van der Waals surface area contributed by atoms with E-state index in [2.05, 4.69) is 13.0 Å². The molecule has 0 unspecified atom stereocenters. The fourth-order valence-corrected chi connectivity index (χ4v) is 2.23. The van der Waals surface area contributed by atoms with Gasteiger partial charge in [0.15, 0.2) is 0 Å². The van der Waals surface area contributed by atoms with Crippen LogP contribution in [0.15, 0.2) is 41.3 Å². The van der Waals surface area contributed by atoms with Gasteiger partial charge in [-0.2, -0.15) is 5.26 Å². The molecule has 0 saturated carbocycles. The van der Waals surface area contributed by atoms with Gasteiger partial charge in [0, 0.05) is 17.8 Å². The van der Waals surface area contributed by atoms with E-state index < -0.39 is 0 Å². The Bertz CT molecular complexity index is 703. The Kier molecular flexibility index (Phi) is 4.05. The van der Waals surface area contributed by atoms with Crippen molar-refractivity contribution in [2.75, 3.05) is 0 Å². The molecular weight excluding hydrogens is 248 g/mol. The molecule has 0 spiro atoms. The van der Waals surface area contributed by atoms with Crippen molar-refractivity contribution in [1.82, 2.24) is 4.57 Å². The van der Waals surface area contributed by atoms with Gasteiger partial charge >= 0.3 is 0 Å². The fraction of sp³-hybridized carbons (Fsp3) is 0.294. The zero-order valence-corrected chi connectivity index (χ0v) is 12.1. The molecule has 0 radical (unpaired) electrons. The quantitative estimate of drug-likeness (QED) is 0.853. The first-order valence-electron chi connectivity index (χ1n) is 6.83. The third-order valence-corrected chi connectivity index (χ3v) is 3.46. The first kappa shape index (κ1) is 14.1. The van der Waals surface area contributed by atoms with Crippen LogP contribution in [-0.2, 0) is 6.42 Å². The summed E-state index contributed by atoms with van der Waals surface area (Å²) in [5.41, 5.74) is 2.84. The summed E-state index contributed by atoms with van der Waals surface area (Å²) in [5.74, 6) is 0. The number of rotatable bonds is 3. The van der Waals surface area contributed by atoms with E-state index in [4.69, 9.17) is 0 Å². The van der Waals surface area contributed by atoms with Crippen LogP contribution in [0.25, 0.3) is 11.1 Å². The second kappa shape index (κ2) is 5.75. The maximum atomic E-state index is 12.3. The molecule has 0 aliphatic rings. The first-order chi connectivity index (χ1) is 9.58. The molecule has 0 amide bonds. The van der Waals surface area contributed by atoms with Gasteiger partial charge in [-0.1, -0.05) is 31.2 Å². The summed E-state index contributed by atoms with van der Waals surface area (Å²) in [5, 5.41) is 9.30. The Labute approximate surface area is 119 Å². The largest absolute Gasteiger partial charge is 0.312 e. The van der Waals surface area contributed by atoms with Gasteiger partial charge in [0.05, 0.1) is 0 Å². The molecule has 20 heavy (non-hydrogen) atoms. The molecule has 3 nitrogen and oxygen atoms in total. The number of aryl methyl sites for hydroxylation is 1. The first-order valence-corrected chi connectivity index (χ1v) is 6.83. The van der Waals surface area contributed by atoms with Crippen LogP contribution in [0, 0.1) is 11.3 Å². The predicted molar refractivity (Wildman–Crippen MR) is 80.6 cm³/mol. The van der Waals surface area contributed by atoms with Gasteiger partial charge in [0.2, 0.25) is 0 Å². The van der Waals surface area contributed by atoms with Crippen LogP contribution in [0.1, 0.15) is 37.9 Å². The Hall–Kier alpha value is -2.34. The molecule has 0 saturated heterocycles. The van der Waals surface area contributed by atoms with E-state index in [0.717, 1.165) is 12.0 Å². The van der Waals surface area contributed by atoms with E-state index in [9.17, 15) is 10.1 Å². The Balaban J connectivity index is 2.60. The van der Waals surface area contributed by atoms with E-state index >= 15 is 0 Å². The van der Waals surface area contributed by atoms with Gasteiger partial charge < -0.3 is 4.57 Å². The molecule has 0 fully saturated rings. The lowest BCUT2D eigenvalue weighted by atomic mass is 10.00. The molecule has 2 aromatic rings. The molecule has 1 heterocycles. The van der Waals surface area contributed by atoms with Crippen LogP contribution in [0.2, 0.25) is 0 Å². The highest BCUT2D eigenvalue weighted by Crippen LogP contribution is 2.22. The van der Waals surface area contributed by atoms with Crippen molar-refractivity contribution in [3.05, 3.63) is 58.0 Å². The van der Waals surface area contributed by atoms with Crippen LogP contribution in [0.5, 0.6) is 0 Å². The lowest BCUT2D eigenvalue weighted by Crippen LogP contribution is -2.24. The summed E-state index contributed by atoms with van der Waals surface area (Å²) in [7, 11) is 0. The molecule has 0 atom stereocenters. The zero-order valence-electron chi connectivity index (χ0n) is 12.1. The summed E-state index contributed by atoms with van der Waals surface area (Å²) in [6, 6.07) is 11.9. The molecule has 0 bridgehead atoms. The van der Waals surface area contributed by atoms with Crippen molar-refractivity contribution < 1.29 is 0 Å². The molecule has 2 rings (SSSR count). The number of pyridine rings is 1. The topological polar surface area (TPSA) is 45.8 Å². The lowest BCUT2D eigenvalue weighted by Gasteiger charge is -2.12. The number of aromatic nitrogens is 1. The smallest absolute Gasteiger partial charge is 0.269 e. The SMILES string of the molecule is CCc1ccc(-c2ccn(C(C)C)c(=O)c2C#N)cc1. The van der Waals surface area contributed by atoms with Gasteiger partial charge in [0.25, 0.3) is 5.56 Å². The van der Waals surface area contributed by atoms with Crippen molar-refractivity contribution in [2.45, 2.75) is 33.2 Å². The molecule has 1 aromatic carbocycles. The predicted octanol–water partition coefficient (Wildman–Crippen LogP) is 3.53. The monoisotopic (exact) mass is 266 g/mol. The van der Waals surface area contributed by atoms with Crippen molar-refractivity contribution in [3.8, 4) is 17.2 Å². The van der Waals surface area contributed by atoms with Crippen molar-refractivity contribution in [1.29, 1.82) is 5.26 Å². The molecule has 3 heteroatoms. The van der Waals surface area contributed by atoms with Crippen LogP contribution in [-0.4, -0.2) is 4.57 Å². The molecule has 0 aliphatic heterocycles. The second-order valence-corrected chi connectivity index (χ2v) is 5.07. The fourth-order valence-electron chi connectivity index (χ4n) is 2.23. The minimum atomic E-state index is -0.223. The van der Waals surface area contributed by atoms with E-state index in [1.54, 1.807) is 10.8 Å². The third-order valence-electron chi connectivity index (χ3n) is 3.46. The van der Waals surface area contributed by atoms with Crippen LogP contribution >= 0.6 is 0 Å². The summed E-state index contributed by atoms with van der Waals surface area (Å²) in [4.78, 5) is 12.3. The zero-order chi connectivity index (χ0) is 14.7. The summed E-state index contributed by atoms with van der Waals surface area (Å²) in [6.07, 6.45) is 2.73. The standard InChI is InChI=1S/C17H18N2O/c1-4-13-5-7-14(8-6-13)15-9-10-19(12(2)3)17(20)16(15)11-18/h5-10,12H,4H2,1-3H3. The highest BCUT2D eigenvalue weighted by Gasteiger charge is 2.12.